The van der Waals surface area contributed by atoms with Crippen LogP contribution in [-0.2, 0) is 4.74 Å². The van der Waals surface area contributed by atoms with Crippen molar-refractivity contribution in [2.24, 2.45) is 0 Å². The molecule has 7 heteroatoms. The third-order valence-corrected chi connectivity index (χ3v) is 3.91. The van der Waals surface area contributed by atoms with E-state index in [1.54, 1.807) is 12.4 Å². The summed E-state index contributed by atoms with van der Waals surface area (Å²) in [5.41, 5.74) is 0.680. The Hall–Kier alpha value is -0.980. The van der Waals surface area contributed by atoms with Crippen LogP contribution in [0.2, 0.25) is 5.15 Å². The predicted octanol–water partition coefficient (Wildman–Crippen LogP) is 3.46. The molecule has 19 heavy (non-hydrogen) atoms. The van der Waals surface area contributed by atoms with Gasteiger partial charge in [0.1, 0.15) is 23.4 Å². The van der Waals surface area contributed by atoms with Crippen molar-refractivity contribution in [3.8, 4) is 11.5 Å². The first-order chi connectivity index (χ1) is 9.25. The molecule has 0 spiro atoms. The second-order valence-electron chi connectivity index (χ2n) is 4.35. The second kappa shape index (κ2) is 5.56. The standard InChI is InChI=1S/C12H12BrClN4O/c13-8-4-5-9(14)16-11(8)12-17-15-7-18(12)10-3-1-2-6-19-10/h4-5,7,10H,1-3,6H2. The summed E-state index contributed by atoms with van der Waals surface area (Å²) >= 11 is 9.42. The van der Waals surface area contributed by atoms with E-state index in [-0.39, 0.29) is 6.23 Å². The molecule has 3 heterocycles. The largest absolute Gasteiger partial charge is 0.358 e. The van der Waals surface area contributed by atoms with Crippen LogP contribution in [0.3, 0.4) is 0 Å². The molecular weight excluding hydrogens is 332 g/mol. The molecule has 1 aliphatic rings. The van der Waals surface area contributed by atoms with Gasteiger partial charge in [-0.1, -0.05) is 11.6 Å². The summed E-state index contributed by atoms with van der Waals surface area (Å²) in [4.78, 5) is 4.31. The number of hydrogen-bond donors (Lipinski definition) is 0. The van der Waals surface area contributed by atoms with E-state index in [2.05, 4.69) is 31.1 Å². The molecule has 1 unspecified atom stereocenters. The SMILES string of the molecule is Clc1ccc(Br)c(-c2nncn2C2CCCCO2)n1. The first kappa shape index (κ1) is 13.0. The normalized spacial score (nSPS) is 19.6. The third kappa shape index (κ3) is 2.66. The van der Waals surface area contributed by atoms with Gasteiger partial charge in [0.05, 0.1) is 0 Å². The van der Waals surface area contributed by atoms with Gasteiger partial charge in [-0.25, -0.2) is 4.98 Å². The van der Waals surface area contributed by atoms with Crippen LogP contribution in [-0.4, -0.2) is 26.4 Å². The zero-order chi connectivity index (χ0) is 13.2. The molecule has 0 radical (unpaired) electrons. The van der Waals surface area contributed by atoms with E-state index in [4.69, 9.17) is 16.3 Å². The van der Waals surface area contributed by atoms with Gasteiger partial charge in [-0.15, -0.1) is 10.2 Å². The second-order valence-corrected chi connectivity index (χ2v) is 5.59. The highest BCUT2D eigenvalue weighted by Gasteiger charge is 2.21. The minimum atomic E-state index is -0.0218. The van der Waals surface area contributed by atoms with Gasteiger partial charge in [0.15, 0.2) is 5.82 Å². The van der Waals surface area contributed by atoms with Gasteiger partial charge in [-0.2, -0.15) is 0 Å². The van der Waals surface area contributed by atoms with Crippen LogP contribution in [0, 0.1) is 0 Å². The fraction of sp³-hybridized carbons (Fsp3) is 0.417. The number of nitrogens with zero attached hydrogens (tertiary/aromatic N) is 4. The Morgan fingerprint density at radius 3 is 3.05 bits per heavy atom. The maximum atomic E-state index is 5.95. The van der Waals surface area contributed by atoms with Gasteiger partial charge < -0.3 is 4.74 Å². The smallest absolute Gasteiger partial charge is 0.185 e. The van der Waals surface area contributed by atoms with Crippen molar-refractivity contribution in [3.05, 3.63) is 28.1 Å². The number of aromatic nitrogens is 4. The van der Waals surface area contributed by atoms with Gasteiger partial charge >= 0.3 is 0 Å². The van der Waals surface area contributed by atoms with Crippen molar-refractivity contribution in [2.45, 2.75) is 25.5 Å². The van der Waals surface area contributed by atoms with E-state index in [1.165, 1.54) is 0 Å². The van der Waals surface area contributed by atoms with Gasteiger partial charge in [0.2, 0.25) is 0 Å². The molecule has 0 aliphatic carbocycles. The van der Waals surface area contributed by atoms with Crippen molar-refractivity contribution < 1.29 is 4.74 Å². The highest BCUT2D eigenvalue weighted by Crippen LogP contribution is 2.30. The average Bonchev–Trinajstić information content (AvgIpc) is 2.91. The number of ether oxygens (including phenoxy) is 1. The molecule has 0 saturated carbocycles. The number of pyridine rings is 1. The van der Waals surface area contributed by atoms with Crippen LogP contribution >= 0.6 is 27.5 Å². The predicted molar refractivity (Wildman–Crippen MR) is 74.8 cm³/mol. The van der Waals surface area contributed by atoms with Crippen molar-refractivity contribution in [3.63, 3.8) is 0 Å². The zero-order valence-corrected chi connectivity index (χ0v) is 12.4. The lowest BCUT2D eigenvalue weighted by atomic mass is 10.2. The Kier molecular flexibility index (Phi) is 3.81. The number of halogens is 2. The van der Waals surface area contributed by atoms with Gasteiger partial charge in [0, 0.05) is 11.1 Å². The molecule has 0 bridgehead atoms. The fourth-order valence-electron chi connectivity index (χ4n) is 2.14. The Bertz CT molecular complexity index is 583. The minimum absolute atomic E-state index is 0.0218. The third-order valence-electron chi connectivity index (χ3n) is 3.06. The molecule has 5 nitrogen and oxygen atoms in total. The Morgan fingerprint density at radius 2 is 2.26 bits per heavy atom. The van der Waals surface area contributed by atoms with Crippen LogP contribution in [0.15, 0.2) is 22.9 Å². The minimum Gasteiger partial charge on any atom is -0.358 e. The van der Waals surface area contributed by atoms with Crippen LogP contribution in [0.1, 0.15) is 25.5 Å². The van der Waals surface area contributed by atoms with Crippen molar-refractivity contribution >= 4 is 27.5 Å². The van der Waals surface area contributed by atoms with Crippen molar-refractivity contribution in [1.82, 2.24) is 19.7 Å². The van der Waals surface area contributed by atoms with Gasteiger partial charge in [-0.05, 0) is 47.3 Å². The molecule has 0 N–H and O–H groups in total. The first-order valence-electron chi connectivity index (χ1n) is 6.09. The molecule has 1 aliphatic heterocycles. The lowest BCUT2D eigenvalue weighted by Crippen LogP contribution is -2.18. The lowest BCUT2D eigenvalue weighted by Gasteiger charge is -2.24. The van der Waals surface area contributed by atoms with E-state index < -0.39 is 0 Å². The molecule has 1 atom stereocenters. The zero-order valence-electron chi connectivity index (χ0n) is 10.1. The summed E-state index contributed by atoms with van der Waals surface area (Å²) < 4.78 is 8.52. The summed E-state index contributed by atoms with van der Waals surface area (Å²) in [6.45, 7) is 0.770. The lowest BCUT2D eigenvalue weighted by molar-refractivity contribution is -0.0312. The molecule has 0 aromatic carbocycles. The monoisotopic (exact) mass is 342 g/mol. The van der Waals surface area contributed by atoms with E-state index in [1.807, 2.05) is 10.6 Å². The molecule has 3 rings (SSSR count). The fourth-order valence-corrected chi connectivity index (χ4v) is 2.69. The van der Waals surface area contributed by atoms with E-state index in [0.717, 1.165) is 30.3 Å². The highest BCUT2D eigenvalue weighted by atomic mass is 79.9. The molecule has 0 amide bonds. The van der Waals surface area contributed by atoms with E-state index in [0.29, 0.717) is 16.7 Å². The maximum absolute atomic E-state index is 5.95. The summed E-state index contributed by atoms with van der Waals surface area (Å²) in [6, 6.07) is 3.58. The average molecular weight is 344 g/mol. The summed E-state index contributed by atoms with van der Waals surface area (Å²) in [5.74, 6) is 0.668. The Balaban J connectivity index is 2.01. The molecule has 2 aromatic heterocycles. The summed E-state index contributed by atoms with van der Waals surface area (Å²) in [7, 11) is 0. The molecule has 1 fully saturated rings. The van der Waals surface area contributed by atoms with Gasteiger partial charge in [0.25, 0.3) is 0 Å². The molecular formula is C12H12BrClN4O. The van der Waals surface area contributed by atoms with E-state index in [9.17, 15) is 0 Å². The van der Waals surface area contributed by atoms with Crippen molar-refractivity contribution in [1.29, 1.82) is 0 Å². The number of hydrogen-bond acceptors (Lipinski definition) is 4. The quantitative estimate of drug-likeness (QED) is 0.784. The summed E-state index contributed by atoms with van der Waals surface area (Å²) in [6.07, 6.45) is 4.87. The van der Waals surface area contributed by atoms with Crippen molar-refractivity contribution in [2.75, 3.05) is 6.61 Å². The molecule has 2 aromatic rings. The topological polar surface area (TPSA) is 52.8 Å². The molecule has 100 valence electrons. The van der Waals surface area contributed by atoms with Crippen LogP contribution in [0.4, 0.5) is 0 Å². The van der Waals surface area contributed by atoms with E-state index >= 15 is 0 Å². The highest BCUT2D eigenvalue weighted by molar-refractivity contribution is 9.10. The Labute approximate surface area is 124 Å². The van der Waals surface area contributed by atoms with Crippen LogP contribution in [0.5, 0.6) is 0 Å². The Morgan fingerprint density at radius 1 is 1.37 bits per heavy atom. The van der Waals surface area contributed by atoms with Gasteiger partial charge in [-0.3, -0.25) is 4.57 Å². The number of rotatable bonds is 2. The van der Waals surface area contributed by atoms with Crippen LogP contribution in [0.25, 0.3) is 11.5 Å². The summed E-state index contributed by atoms with van der Waals surface area (Å²) in [5, 5.41) is 8.55. The first-order valence-corrected chi connectivity index (χ1v) is 7.26. The maximum Gasteiger partial charge on any atom is 0.185 e. The molecule has 1 saturated heterocycles. The van der Waals surface area contributed by atoms with Crippen LogP contribution < -0.4 is 0 Å².